The molecule has 0 aromatic heterocycles. The van der Waals surface area contributed by atoms with Crippen molar-refractivity contribution in [3.63, 3.8) is 0 Å². The lowest BCUT2D eigenvalue weighted by Gasteiger charge is -2.08. The monoisotopic (exact) mass is 252 g/mol. The molecule has 0 aliphatic rings. The van der Waals surface area contributed by atoms with Crippen molar-refractivity contribution in [3.05, 3.63) is 35.6 Å². The van der Waals surface area contributed by atoms with Gasteiger partial charge in [0.1, 0.15) is 5.82 Å². The maximum absolute atomic E-state index is 12.7. The third kappa shape index (κ3) is 6.23. The molecular formula is C14H21FN2O. The van der Waals surface area contributed by atoms with Crippen LogP contribution in [-0.2, 0) is 6.42 Å². The number of carbonyl (C=O) groups excluding carboxylic acids is 1. The molecule has 0 saturated heterocycles. The maximum atomic E-state index is 12.7. The maximum Gasteiger partial charge on any atom is 0.314 e. The molecule has 0 spiro atoms. The van der Waals surface area contributed by atoms with Crippen molar-refractivity contribution in [3.8, 4) is 0 Å². The fraction of sp³-hybridized carbons (Fsp3) is 0.500. The highest BCUT2D eigenvalue weighted by Gasteiger charge is 2.00. The van der Waals surface area contributed by atoms with E-state index in [4.69, 9.17) is 0 Å². The quantitative estimate of drug-likeness (QED) is 0.803. The molecule has 4 heteroatoms. The molecule has 1 aromatic rings. The van der Waals surface area contributed by atoms with Crippen LogP contribution in [0.3, 0.4) is 0 Å². The summed E-state index contributed by atoms with van der Waals surface area (Å²) in [6.45, 7) is 5.49. The van der Waals surface area contributed by atoms with Gasteiger partial charge in [0.05, 0.1) is 0 Å². The third-order valence-corrected chi connectivity index (χ3v) is 2.62. The number of nitrogens with one attached hydrogen (secondary N) is 2. The van der Waals surface area contributed by atoms with E-state index in [9.17, 15) is 9.18 Å². The Morgan fingerprint density at radius 2 is 1.78 bits per heavy atom. The van der Waals surface area contributed by atoms with Gasteiger partial charge in [-0.15, -0.1) is 0 Å². The van der Waals surface area contributed by atoms with Gasteiger partial charge in [-0.05, 0) is 36.5 Å². The van der Waals surface area contributed by atoms with Gasteiger partial charge in [0, 0.05) is 13.1 Å². The van der Waals surface area contributed by atoms with Crippen LogP contribution in [0.4, 0.5) is 9.18 Å². The molecule has 0 radical (unpaired) electrons. The zero-order valence-corrected chi connectivity index (χ0v) is 11.0. The summed E-state index contributed by atoms with van der Waals surface area (Å²) in [4.78, 5) is 11.4. The van der Waals surface area contributed by atoms with E-state index in [1.54, 1.807) is 12.1 Å². The molecule has 1 rings (SSSR count). The molecule has 2 amide bonds. The van der Waals surface area contributed by atoms with Gasteiger partial charge in [0.2, 0.25) is 0 Å². The van der Waals surface area contributed by atoms with Crippen LogP contribution >= 0.6 is 0 Å². The van der Waals surface area contributed by atoms with Crippen molar-refractivity contribution >= 4 is 6.03 Å². The smallest absolute Gasteiger partial charge is 0.314 e. The van der Waals surface area contributed by atoms with E-state index in [0.29, 0.717) is 25.4 Å². The SMILES string of the molecule is CC(C)CCNC(=O)NCCc1ccc(F)cc1. The van der Waals surface area contributed by atoms with Crippen molar-refractivity contribution in [2.45, 2.75) is 26.7 Å². The van der Waals surface area contributed by atoms with Gasteiger partial charge < -0.3 is 10.6 Å². The summed E-state index contributed by atoms with van der Waals surface area (Å²) in [5.41, 5.74) is 1.01. The van der Waals surface area contributed by atoms with Crippen molar-refractivity contribution in [2.24, 2.45) is 5.92 Å². The standard InChI is InChI=1S/C14H21FN2O/c1-11(2)7-9-16-14(18)17-10-8-12-3-5-13(15)6-4-12/h3-6,11H,7-10H2,1-2H3,(H2,16,17,18). The average Bonchev–Trinajstić information content (AvgIpc) is 2.31. The number of halogens is 1. The predicted molar refractivity (Wildman–Crippen MR) is 71.0 cm³/mol. The predicted octanol–water partition coefficient (Wildman–Crippen LogP) is 2.71. The first-order valence-electron chi connectivity index (χ1n) is 6.34. The van der Waals surface area contributed by atoms with Gasteiger partial charge in [-0.2, -0.15) is 0 Å². The van der Waals surface area contributed by atoms with Gasteiger partial charge in [-0.3, -0.25) is 0 Å². The summed E-state index contributed by atoms with van der Waals surface area (Å²) >= 11 is 0. The molecular weight excluding hydrogens is 231 g/mol. The van der Waals surface area contributed by atoms with Crippen LogP contribution in [0.2, 0.25) is 0 Å². The molecule has 0 fully saturated rings. The second kappa shape index (κ2) is 7.69. The number of benzene rings is 1. The lowest BCUT2D eigenvalue weighted by Crippen LogP contribution is -2.37. The van der Waals surface area contributed by atoms with E-state index < -0.39 is 0 Å². The number of hydrogen-bond donors (Lipinski definition) is 2. The summed E-state index contributed by atoms with van der Waals surface area (Å²) < 4.78 is 12.7. The molecule has 18 heavy (non-hydrogen) atoms. The molecule has 2 N–H and O–H groups in total. The highest BCUT2D eigenvalue weighted by atomic mass is 19.1. The highest BCUT2D eigenvalue weighted by Crippen LogP contribution is 2.02. The van der Waals surface area contributed by atoms with Crippen LogP contribution in [0, 0.1) is 11.7 Å². The van der Waals surface area contributed by atoms with Crippen LogP contribution in [-0.4, -0.2) is 19.1 Å². The van der Waals surface area contributed by atoms with E-state index in [1.165, 1.54) is 12.1 Å². The van der Waals surface area contributed by atoms with Crippen molar-refractivity contribution < 1.29 is 9.18 Å². The van der Waals surface area contributed by atoms with Crippen molar-refractivity contribution in [2.75, 3.05) is 13.1 Å². The largest absolute Gasteiger partial charge is 0.338 e. The van der Waals surface area contributed by atoms with E-state index in [1.807, 2.05) is 0 Å². The van der Waals surface area contributed by atoms with Gasteiger partial charge >= 0.3 is 6.03 Å². The molecule has 0 aliphatic heterocycles. The Kier molecular flexibility index (Phi) is 6.19. The lowest BCUT2D eigenvalue weighted by molar-refractivity contribution is 0.240. The topological polar surface area (TPSA) is 41.1 Å². The number of amides is 2. The normalized spacial score (nSPS) is 10.4. The van der Waals surface area contributed by atoms with Crippen LogP contribution in [0.1, 0.15) is 25.8 Å². The van der Waals surface area contributed by atoms with Gasteiger partial charge in [-0.1, -0.05) is 26.0 Å². The minimum Gasteiger partial charge on any atom is -0.338 e. The first-order valence-corrected chi connectivity index (χ1v) is 6.34. The minimum atomic E-state index is -0.238. The minimum absolute atomic E-state index is 0.141. The molecule has 0 bridgehead atoms. The van der Waals surface area contributed by atoms with E-state index >= 15 is 0 Å². The zero-order valence-electron chi connectivity index (χ0n) is 11.0. The Morgan fingerprint density at radius 3 is 2.39 bits per heavy atom. The van der Waals surface area contributed by atoms with Crippen molar-refractivity contribution in [1.82, 2.24) is 10.6 Å². The highest BCUT2D eigenvalue weighted by molar-refractivity contribution is 5.73. The second-order valence-corrected chi connectivity index (χ2v) is 4.74. The second-order valence-electron chi connectivity index (χ2n) is 4.74. The fourth-order valence-electron chi connectivity index (χ4n) is 1.51. The Hall–Kier alpha value is -1.58. The van der Waals surface area contributed by atoms with Crippen LogP contribution < -0.4 is 10.6 Å². The summed E-state index contributed by atoms with van der Waals surface area (Å²) in [6.07, 6.45) is 1.68. The Morgan fingerprint density at radius 1 is 1.17 bits per heavy atom. The summed E-state index contributed by atoms with van der Waals surface area (Å²) in [5.74, 6) is 0.350. The molecule has 0 saturated carbocycles. The van der Waals surface area contributed by atoms with Gasteiger partial charge in [0.15, 0.2) is 0 Å². The Balaban J connectivity index is 2.13. The molecule has 0 atom stereocenters. The third-order valence-electron chi connectivity index (χ3n) is 2.62. The van der Waals surface area contributed by atoms with Crippen LogP contribution in [0.5, 0.6) is 0 Å². The van der Waals surface area contributed by atoms with Gasteiger partial charge in [-0.25, -0.2) is 9.18 Å². The molecule has 0 unspecified atom stereocenters. The van der Waals surface area contributed by atoms with E-state index in [-0.39, 0.29) is 11.8 Å². The zero-order chi connectivity index (χ0) is 13.4. The van der Waals surface area contributed by atoms with E-state index in [2.05, 4.69) is 24.5 Å². The van der Waals surface area contributed by atoms with E-state index in [0.717, 1.165) is 12.0 Å². The van der Waals surface area contributed by atoms with Crippen LogP contribution in [0.15, 0.2) is 24.3 Å². The molecule has 1 aromatic carbocycles. The number of rotatable bonds is 6. The summed E-state index contributed by atoms with van der Waals surface area (Å²) in [5, 5.41) is 5.58. The Bertz CT molecular complexity index is 363. The first kappa shape index (κ1) is 14.5. The molecule has 0 heterocycles. The number of urea groups is 1. The average molecular weight is 252 g/mol. The summed E-state index contributed by atoms with van der Waals surface area (Å²) in [7, 11) is 0. The first-order chi connectivity index (χ1) is 8.58. The molecule has 0 aliphatic carbocycles. The number of carbonyl (C=O) groups is 1. The van der Waals surface area contributed by atoms with Gasteiger partial charge in [0.25, 0.3) is 0 Å². The van der Waals surface area contributed by atoms with Crippen LogP contribution in [0.25, 0.3) is 0 Å². The fourth-order valence-corrected chi connectivity index (χ4v) is 1.51. The molecule has 3 nitrogen and oxygen atoms in total. The molecule has 100 valence electrons. The number of hydrogen-bond acceptors (Lipinski definition) is 1. The lowest BCUT2D eigenvalue weighted by atomic mass is 10.1. The van der Waals surface area contributed by atoms with Crippen molar-refractivity contribution in [1.29, 1.82) is 0 Å². The Labute approximate surface area is 108 Å². The summed E-state index contributed by atoms with van der Waals surface area (Å²) in [6, 6.07) is 6.18.